The average Bonchev–Trinajstić information content (AvgIpc) is 2.86. The highest BCUT2D eigenvalue weighted by Crippen LogP contribution is 2.43. The third kappa shape index (κ3) is 3.63. The lowest BCUT2D eigenvalue weighted by Gasteiger charge is -2.18. The summed E-state index contributed by atoms with van der Waals surface area (Å²) in [4.78, 5) is 0. The van der Waals surface area contributed by atoms with Crippen molar-refractivity contribution in [1.82, 2.24) is 0 Å². The molecule has 0 heterocycles. The maximum Gasteiger partial charge on any atom is -0.00263 e. The largest absolute Gasteiger partial charge is 0.0985 e. The van der Waals surface area contributed by atoms with Crippen LogP contribution in [0.25, 0.3) is 49.9 Å². The predicted molar refractivity (Wildman–Crippen MR) is 141 cm³/mol. The van der Waals surface area contributed by atoms with Crippen molar-refractivity contribution in [1.29, 1.82) is 0 Å². The molecule has 5 aromatic carbocycles. The van der Waals surface area contributed by atoms with Gasteiger partial charge in [-0.05, 0) is 67.8 Å². The minimum Gasteiger partial charge on any atom is -0.0985 e. The number of aryl methyl sites for hydroxylation is 1. The van der Waals surface area contributed by atoms with Gasteiger partial charge in [0.05, 0.1) is 0 Å². The monoisotopic (exact) mass is 412 g/mol. The van der Waals surface area contributed by atoms with Crippen LogP contribution in [0, 0.1) is 0 Å². The van der Waals surface area contributed by atoms with Crippen molar-refractivity contribution >= 4 is 27.6 Å². The minimum atomic E-state index is 1.12. The molecule has 0 unspecified atom stereocenters. The smallest absolute Gasteiger partial charge is 0.00263 e. The Hall–Kier alpha value is -3.64. The Morgan fingerprint density at radius 2 is 1.22 bits per heavy atom. The molecule has 0 aromatic heterocycles. The number of hydrogen-bond acceptors (Lipinski definition) is 0. The van der Waals surface area contributed by atoms with Crippen LogP contribution in [0.3, 0.4) is 0 Å². The van der Waals surface area contributed by atoms with E-state index in [0.717, 1.165) is 12.0 Å². The van der Waals surface area contributed by atoms with Gasteiger partial charge in [0.15, 0.2) is 0 Å². The molecule has 0 amide bonds. The molecule has 0 spiro atoms. The van der Waals surface area contributed by atoms with E-state index in [1.807, 2.05) is 6.08 Å². The summed E-state index contributed by atoms with van der Waals surface area (Å²) in [6.07, 6.45) is 5.45. The molecule has 32 heavy (non-hydrogen) atoms. The van der Waals surface area contributed by atoms with E-state index in [-0.39, 0.29) is 0 Å². The Morgan fingerprint density at radius 3 is 1.88 bits per heavy atom. The van der Waals surface area contributed by atoms with E-state index in [1.54, 1.807) is 0 Å². The summed E-state index contributed by atoms with van der Waals surface area (Å²) < 4.78 is 0. The Morgan fingerprint density at radius 1 is 0.625 bits per heavy atom. The van der Waals surface area contributed by atoms with Crippen molar-refractivity contribution in [3.8, 4) is 22.3 Å². The lowest BCUT2D eigenvalue weighted by atomic mass is 9.85. The Kier molecular flexibility index (Phi) is 5.60. The summed E-state index contributed by atoms with van der Waals surface area (Å²) in [7, 11) is 0. The van der Waals surface area contributed by atoms with Crippen molar-refractivity contribution in [3.63, 3.8) is 0 Å². The van der Waals surface area contributed by atoms with Crippen LogP contribution in [0.15, 0.2) is 104 Å². The lowest BCUT2D eigenvalue weighted by molar-refractivity contribution is 0.796. The van der Waals surface area contributed by atoms with Crippen molar-refractivity contribution in [2.45, 2.75) is 26.2 Å². The van der Waals surface area contributed by atoms with Crippen molar-refractivity contribution < 1.29 is 0 Å². The van der Waals surface area contributed by atoms with Crippen molar-refractivity contribution in [2.24, 2.45) is 0 Å². The van der Waals surface area contributed by atoms with Gasteiger partial charge in [-0.1, -0.05) is 123 Å². The lowest BCUT2D eigenvalue weighted by Crippen LogP contribution is -1.93. The Balaban J connectivity index is 1.90. The number of fused-ring (bicyclic) bond motifs is 2. The molecule has 0 saturated heterocycles. The first kappa shape index (κ1) is 20.3. The molecule has 0 aliphatic carbocycles. The molecule has 0 fully saturated rings. The van der Waals surface area contributed by atoms with Crippen LogP contribution in [0.5, 0.6) is 0 Å². The van der Waals surface area contributed by atoms with Crippen LogP contribution < -0.4 is 0 Å². The number of rotatable bonds is 6. The first-order valence-electron chi connectivity index (χ1n) is 11.6. The fourth-order valence-electron chi connectivity index (χ4n) is 4.77. The quantitative estimate of drug-likeness (QED) is 0.244. The molecular formula is C32H28. The van der Waals surface area contributed by atoms with Crippen LogP contribution in [-0.2, 0) is 6.42 Å². The number of hydrogen-bond donors (Lipinski definition) is 0. The third-order valence-corrected chi connectivity index (χ3v) is 6.40. The minimum absolute atomic E-state index is 1.12. The molecule has 5 rings (SSSR count). The van der Waals surface area contributed by atoms with E-state index in [4.69, 9.17) is 0 Å². The molecule has 5 aromatic rings. The predicted octanol–water partition coefficient (Wildman–Crippen LogP) is 9.31. The molecule has 156 valence electrons. The van der Waals surface area contributed by atoms with E-state index in [2.05, 4.69) is 111 Å². The molecule has 0 N–H and O–H groups in total. The maximum absolute atomic E-state index is 3.91. The van der Waals surface area contributed by atoms with E-state index in [9.17, 15) is 0 Å². The summed E-state index contributed by atoms with van der Waals surface area (Å²) in [6, 6.07) is 35.6. The fourth-order valence-corrected chi connectivity index (χ4v) is 4.77. The van der Waals surface area contributed by atoms with Gasteiger partial charge in [0.1, 0.15) is 0 Å². The van der Waals surface area contributed by atoms with E-state index < -0.39 is 0 Å². The van der Waals surface area contributed by atoms with Gasteiger partial charge in [0, 0.05) is 0 Å². The fraction of sp³-hybridized carbons (Fsp3) is 0.125. The highest BCUT2D eigenvalue weighted by molar-refractivity contribution is 6.21. The van der Waals surface area contributed by atoms with Gasteiger partial charge in [0.25, 0.3) is 0 Å². The summed E-state index contributed by atoms with van der Waals surface area (Å²) >= 11 is 0. The van der Waals surface area contributed by atoms with E-state index in [0.29, 0.717) is 0 Å². The average molecular weight is 413 g/mol. The van der Waals surface area contributed by atoms with Gasteiger partial charge in [-0.15, -0.1) is 0 Å². The zero-order chi connectivity index (χ0) is 21.9. The standard InChI is InChI=1S/C32H28/c1-3-5-11-24-18-21-29-30(22-24)32(25-12-7-6-8-13-25)28-15-10-9-14-27(28)31(29)26-19-16-23(4-2)17-20-26/h4,6-10,12-22H,2-3,5,11H2,1H3. The number of benzene rings is 5. The molecule has 0 atom stereocenters. The second-order valence-corrected chi connectivity index (χ2v) is 8.47. The summed E-state index contributed by atoms with van der Waals surface area (Å²) in [6.45, 7) is 6.17. The zero-order valence-corrected chi connectivity index (χ0v) is 18.6. The Labute approximate surface area is 190 Å². The normalized spacial score (nSPS) is 11.2. The molecule has 0 aliphatic heterocycles. The molecule has 0 aliphatic rings. The summed E-state index contributed by atoms with van der Waals surface area (Å²) in [5.74, 6) is 0. The van der Waals surface area contributed by atoms with Gasteiger partial charge in [-0.3, -0.25) is 0 Å². The SMILES string of the molecule is C=Cc1ccc(-c2c3ccccc3c(-c3ccccc3)c3cc(CCCC)ccc23)cc1. The second kappa shape index (κ2) is 8.85. The van der Waals surface area contributed by atoms with Crippen molar-refractivity contribution in [3.05, 3.63) is 115 Å². The highest BCUT2D eigenvalue weighted by atomic mass is 14.2. The van der Waals surface area contributed by atoms with Crippen LogP contribution in [-0.4, -0.2) is 0 Å². The molecular weight excluding hydrogens is 384 g/mol. The van der Waals surface area contributed by atoms with E-state index in [1.165, 1.54) is 62.2 Å². The second-order valence-electron chi connectivity index (χ2n) is 8.47. The summed E-state index contributed by atoms with van der Waals surface area (Å²) in [5.41, 5.74) is 7.73. The first-order valence-corrected chi connectivity index (χ1v) is 11.6. The van der Waals surface area contributed by atoms with Crippen LogP contribution in [0.2, 0.25) is 0 Å². The van der Waals surface area contributed by atoms with Gasteiger partial charge in [-0.25, -0.2) is 0 Å². The third-order valence-electron chi connectivity index (χ3n) is 6.40. The number of unbranched alkanes of at least 4 members (excludes halogenated alkanes) is 1. The zero-order valence-electron chi connectivity index (χ0n) is 18.6. The van der Waals surface area contributed by atoms with Gasteiger partial charge in [-0.2, -0.15) is 0 Å². The molecule has 0 radical (unpaired) electrons. The van der Waals surface area contributed by atoms with Crippen LogP contribution in [0.4, 0.5) is 0 Å². The van der Waals surface area contributed by atoms with Gasteiger partial charge in [0.2, 0.25) is 0 Å². The topological polar surface area (TPSA) is 0 Å². The van der Waals surface area contributed by atoms with Crippen LogP contribution >= 0.6 is 0 Å². The van der Waals surface area contributed by atoms with Crippen LogP contribution in [0.1, 0.15) is 30.9 Å². The van der Waals surface area contributed by atoms with E-state index >= 15 is 0 Å². The highest BCUT2D eigenvalue weighted by Gasteiger charge is 2.16. The van der Waals surface area contributed by atoms with Gasteiger partial charge >= 0.3 is 0 Å². The molecule has 0 nitrogen and oxygen atoms in total. The first-order chi connectivity index (χ1) is 15.8. The summed E-state index contributed by atoms with van der Waals surface area (Å²) in [5, 5.41) is 5.26. The molecule has 0 saturated carbocycles. The Bertz CT molecular complexity index is 1390. The molecule has 0 heteroatoms. The van der Waals surface area contributed by atoms with Gasteiger partial charge < -0.3 is 0 Å². The van der Waals surface area contributed by atoms with Crippen molar-refractivity contribution in [2.75, 3.05) is 0 Å². The maximum atomic E-state index is 3.91. The molecule has 0 bridgehead atoms.